The first-order valence-electron chi connectivity index (χ1n) is 5.35. The Kier molecular flexibility index (Phi) is 5.06. The van der Waals surface area contributed by atoms with Crippen LogP contribution >= 0.6 is 11.6 Å². The number of nitrogens with zero attached hydrogens (tertiary/aromatic N) is 1. The summed E-state index contributed by atoms with van der Waals surface area (Å²) >= 11 is 5.69. The summed E-state index contributed by atoms with van der Waals surface area (Å²) in [5, 5.41) is 22.5. The van der Waals surface area contributed by atoms with E-state index >= 15 is 0 Å². The van der Waals surface area contributed by atoms with Gasteiger partial charge >= 0.3 is 0 Å². The average Bonchev–Trinajstić information content (AvgIpc) is 2.34. The first kappa shape index (κ1) is 14.4. The van der Waals surface area contributed by atoms with Gasteiger partial charge in [0, 0.05) is 29.3 Å². The number of nitro benzene ring substituents is 1. The van der Waals surface area contributed by atoms with Gasteiger partial charge in [0.15, 0.2) is 0 Å². The van der Waals surface area contributed by atoms with Crippen molar-refractivity contribution in [3.05, 3.63) is 38.9 Å². The SMILES string of the molecule is CCC(O)CNC(=O)c1cc(Cl)cc([N+](=O)[O-])c1. The highest BCUT2D eigenvalue weighted by Gasteiger charge is 2.14. The molecule has 1 aromatic carbocycles. The van der Waals surface area contributed by atoms with Crippen LogP contribution in [0.3, 0.4) is 0 Å². The summed E-state index contributed by atoms with van der Waals surface area (Å²) in [6, 6.07) is 3.64. The third kappa shape index (κ3) is 3.97. The van der Waals surface area contributed by atoms with Crippen molar-refractivity contribution in [3.8, 4) is 0 Å². The smallest absolute Gasteiger partial charge is 0.271 e. The lowest BCUT2D eigenvalue weighted by atomic mass is 10.2. The second-order valence-corrected chi connectivity index (χ2v) is 4.16. The van der Waals surface area contributed by atoms with E-state index in [0.717, 1.165) is 6.07 Å². The standard InChI is InChI=1S/C11H13ClN2O4/c1-2-10(15)6-13-11(16)7-3-8(12)5-9(4-7)14(17)18/h3-5,10,15H,2,6H2,1H3,(H,13,16). The molecule has 0 aliphatic heterocycles. The molecule has 1 aromatic rings. The zero-order valence-corrected chi connectivity index (χ0v) is 10.5. The predicted octanol–water partition coefficient (Wildman–Crippen LogP) is 1.75. The van der Waals surface area contributed by atoms with Crippen molar-refractivity contribution in [2.75, 3.05) is 6.54 Å². The summed E-state index contributed by atoms with van der Waals surface area (Å²) in [6.07, 6.45) is -0.126. The van der Waals surface area contributed by atoms with E-state index in [9.17, 15) is 20.0 Å². The highest BCUT2D eigenvalue weighted by Crippen LogP contribution is 2.20. The van der Waals surface area contributed by atoms with Crippen molar-refractivity contribution < 1.29 is 14.8 Å². The highest BCUT2D eigenvalue weighted by atomic mass is 35.5. The Balaban J connectivity index is 2.82. The maximum absolute atomic E-state index is 11.7. The van der Waals surface area contributed by atoms with Crippen molar-refractivity contribution in [3.63, 3.8) is 0 Å². The number of carbonyl (C=O) groups excluding carboxylic acids is 1. The summed E-state index contributed by atoms with van der Waals surface area (Å²) < 4.78 is 0. The molecule has 18 heavy (non-hydrogen) atoms. The largest absolute Gasteiger partial charge is 0.391 e. The van der Waals surface area contributed by atoms with Crippen LogP contribution in [0.1, 0.15) is 23.7 Å². The number of hydrogen-bond donors (Lipinski definition) is 2. The number of aliphatic hydroxyl groups excluding tert-OH is 1. The molecule has 0 radical (unpaired) electrons. The van der Waals surface area contributed by atoms with E-state index in [1.54, 1.807) is 6.92 Å². The maximum Gasteiger partial charge on any atom is 0.271 e. The minimum atomic E-state index is -0.636. The molecule has 1 unspecified atom stereocenters. The van der Waals surface area contributed by atoms with E-state index < -0.39 is 16.9 Å². The van der Waals surface area contributed by atoms with Crippen LogP contribution in [0.5, 0.6) is 0 Å². The third-order valence-electron chi connectivity index (χ3n) is 2.33. The third-order valence-corrected chi connectivity index (χ3v) is 2.54. The molecule has 0 saturated heterocycles. The Labute approximate surface area is 109 Å². The zero-order chi connectivity index (χ0) is 13.7. The van der Waals surface area contributed by atoms with E-state index in [1.807, 2.05) is 0 Å². The van der Waals surface area contributed by atoms with E-state index in [2.05, 4.69) is 5.32 Å². The maximum atomic E-state index is 11.7. The van der Waals surface area contributed by atoms with Crippen LogP contribution < -0.4 is 5.32 Å². The number of amides is 1. The highest BCUT2D eigenvalue weighted by molar-refractivity contribution is 6.31. The van der Waals surface area contributed by atoms with Gasteiger partial charge < -0.3 is 10.4 Å². The van der Waals surface area contributed by atoms with Gasteiger partial charge in [0.2, 0.25) is 0 Å². The number of hydrogen-bond acceptors (Lipinski definition) is 4. The van der Waals surface area contributed by atoms with Crippen molar-refractivity contribution in [1.29, 1.82) is 0 Å². The van der Waals surface area contributed by atoms with Crippen LogP contribution in [-0.4, -0.2) is 28.6 Å². The molecule has 6 nitrogen and oxygen atoms in total. The van der Waals surface area contributed by atoms with E-state index in [1.165, 1.54) is 12.1 Å². The molecule has 7 heteroatoms. The number of aliphatic hydroxyl groups is 1. The first-order chi connectivity index (χ1) is 8.43. The Hall–Kier alpha value is -1.66. The molecule has 0 heterocycles. The van der Waals surface area contributed by atoms with Gasteiger partial charge in [-0.1, -0.05) is 18.5 Å². The van der Waals surface area contributed by atoms with Crippen LogP contribution in [0.25, 0.3) is 0 Å². The molecule has 98 valence electrons. The van der Waals surface area contributed by atoms with Gasteiger partial charge in [-0.25, -0.2) is 0 Å². The number of rotatable bonds is 5. The molecule has 0 aromatic heterocycles. The fourth-order valence-electron chi connectivity index (χ4n) is 1.27. The summed E-state index contributed by atoms with van der Waals surface area (Å²) in [7, 11) is 0. The average molecular weight is 273 g/mol. The summed E-state index contributed by atoms with van der Waals surface area (Å²) in [5.74, 6) is -0.506. The topological polar surface area (TPSA) is 92.5 Å². The van der Waals surface area contributed by atoms with Gasteiger partial charge in [-0.3, -0.25) is 14.9 Å². The number of nitrogens with one attached hydrogen (secondary N) is 1. The van der Waals surface area contributed by atoms with Gasteiger partial charge in [0.05, 0.1) is 11.0 Å². The van der Waals surface area contributed by atoms with Crippen LogP contribution in [-0.2, 0) is 0 Å². The lowest BCUT2D eigenvalue weighted by Gasteiger charge is -2.09. The van der Waals surface area contributed by atoms with E-state index in [0.29, 0.717) is 6.42 Å². The number of carbonyl (C=O) groups is 1. The molecule has 0 bridgehead atoms. The first-order valence-corrected chi connectivity index (χ1v) is 5.73. The number of nitro groups is 1. The van der Waals surface area contributed by atoms with E-state index in [-0.39, 0.29) is 22.8 Å². The van der Waals surface area contributed by atoms with Crippen molar-refractivity contribution in [1.82, 2.24) is 5.32 Å². The van der Waals surface area contributed by atoms with Crippen LogP contribution in [0.2, 0.25) is 5.02 Å². The summed E-state index contributed by atoms with van der Waals surface area (Å²) in [6.45, 7) is 1.87. The Morgan fingerprint density at radius 1 is 1.56 bits per heavy atom. The molecular formula is C11H13ClN2O4. The van der Waals surface area contributed by atoms with Gasteiger partial charge in [0.25, 0.3) is 11.6 Å². The molecule has 1 atom stereocenters. The molecular weight excluding hydrogens is 260 g/mol. The van der Waals surface area contributed by atoms with Gasteiger partial charge in [-0.2, -0.15) is 0 Å². The Bertz CT molecular complexity index is 464. The van der Waals surface area contributed by atoms with Crippen molar-refractivity contribution in [2.45, 2.75) is 19.4 Å². The molecule has 0 aliphatic rings. The van der Waals surface area contributed by atoms with Crippen molar-refractivity contribution >= 4 is 23.2 Å². The molecule has 1 amide bonds. The fourth-order valence-corrected chi connectivity index (χ4v) is 1.50. The molecule has 0 spiro atoms. The van der Waals surface area contributed by atoms with Crippen LogP contribution in [0.4, 0.5) is 5.69 Å². The number of halogens is 1. The minimum Gasteiger partial charge on any atom is -0.391 e. The Morgan fingerprint density at radius 2 is 2.22 bits per heavy atom. The summed E-state index contributed by atoms with van der Waals surface area (Å²) in [4.78, 5) is 21.7. The van der Waals surface area contributed by atoms with Gasteiger partial charge in [0.1, 0.15) is 0 Å². The van der Waals surface area contributed by atoms with Crippen molar-refractivity contribution in [2.24, 2.45) is 0 Å². The molecule has 0 aliphatic carbocycles. The summed E-state index contributed by atoms with van der Waals surface area (Å²) in [5.41, 5.74) is -0.152. The predicted molar refractivity (Wildman–Crippen MR) is 66.7 cm³/mol. The van der Waals surface area contributed by atoms with Gasteiger partial charge in [-0.15, -0.1) is 0 Å². The van der Waals surface area contributed by atoms with Crippen LogP contribution in [0.15, 0.2) is 18.2 Å². The zero-order valence-electron chi connectivity index (χ0n) is 9.72. The minimum absolute atomic E-state index is 0.0929. The normalized spacial score (nSPS) is 11.9. The fraction of sp³-hybridized carbons (Fsp3) is 0.364. The van der Waals surface area contributed by atoms with E-state index in [4.69, 9.17) is 11.6 Å². The molecule has 2 N–H and O–H groups in total. The monoisotopic (exact) mass is 272 g/mol. The molecule has 0 fully saturated rings. The quantitative estimate of drug-likeness (QED) is 0.631. The Morgan fingerprint density at radius 3 is 2.78 bits per heavy atom. The lowest BCUT2D eigenvalue weighted by Crippen LogP contribution is -2.31. The van der Waals surface area contributed by atoms with Gasteiger partial charge in [-0.05, 0) is 12.5 Å². The number of non-ortho nitro benzene ring substituents is 1. The number of benzene rings is 1. The molecule has 0 saturated carbocycles. The lowest BCUT2D eigenvalue weighted by molar-refractivity contribution is -0.384. The van der Waals surface area contributed by atoms with Crippen LogP contribution in [0, 0.1) is 10.1 Å². The second kappa shape index (κ2) is 6.32. The second-order valence-electron chi connectivity index (χ2n) is 3.73. The molecule has 1 rings (SSSR count).